The quantitative estimate of drug-likeness (QED) is 0.522. The summed E-state index contributed by atoms with van der Waals surface area (Å²) in [4.78, 5) is 17.1. The third-order valence-electron chi connectivity index (χ3n) is 4.51. The van der Waals surface area contributed by atoms with E-state index >= 15 is 0 Å². The first kappa shape index (κ1) is 18.5. The van der Waals surface area contributed by atoms with Crippen molar-refractivity contribution in [2.45, 2.75) is 6.92 Å². The van der Waals surface area contributed by atoms with Gasteiger partial charge in [-0.1, -0.05) is 6.07 Å². The molecule has 6 nitrogen and oxygen atoms in total. The fourth-order valence-electron chi connectivity index (χ4n) is 3.10. The summed E-state index contributed by atoms with van der Waals surface area (Å²) in [5.41, 5.74) is 1.18. The van der Waals surface area contributed by atoms with Crippen LogP contribution >= 0.6 is 0 Å². The number of benzene rings is 2. The van der Waals surface area contributed by atoms with Gasteiger partial charge in [-0.25, -0.2) is 13.5 Å². The van der Waals surface area contributed by atoms with Crippen LogP contribution in [0.15, 0.2) is 48.7 Å². The van der Waals surface area contributed by atoms with E-state index in [0.717, 1.165) is 12.1 Å². The molecule has 146 valence electrons. The summed E-state index contributed by atoms with van der Waals surface area (Å²) in [7, 11) is 1.53. The SMILES string of the molecule is Cc1nn(C)c(O)c1C(=O)c1ccc2nccc(Oc3c(F)cccc3F)c2c1. The molecular formula is C21H15F2N3O3. The number of aromatic hydroxyl groups is 1. The zero-order valence-electron chi connectivity index (χ0n) is 15.5. The van der Waals surface area contributed by atoms with Crippen LogP contribution in [0.5, 0.6) is 17.4 Å². The molecule has 0 bridgehead atoms. The first-order valence-corrected chi connectivity index (χ1v) is 8.64. The normalized spacial score (nSPS) is 11.0. The lowest BCUT2D eigenvalue weighted by molar-refractivity contribution is 0.103. The number of aromatic nitrogens is 3. The van der Waals surface area contributed by atoms with Crippen molar-refractivity contribution in [3.8, 4) is 17.4 Å². The number of rotatable bonds is 4. The second kappa shape index (κ2) is 6.97. The maximum atomic E-state index is 14.0. The van der Waals surface area contributed by atoms with Gasteiger partial charge in [-0.3, -0.25) is 9.78 Å². The van der Waals surface area contributed by atoms with Crippen LogP contribution in [0.1, 0.15) is 21.6 Å². The van der Waals surface area contributed by atoms with E-state index in [1.807, 2.05) is 0 Å². The number of fused-ring (bicyclic) bond motifs is 1. The first-order chi connectivity index (χ1) is 13.9. The molecule has 0 saturated heterocycles. The Balaban J connectivity index is 1.82. The van der Waals surface area contributed by atoms with Crippen molar-refractivity contribution in [2.75, 3.05) is 0 Å². The molecule has 2 aromatic heterocycles. The van der Waals surface area contributed by atoms with E-state index in [4.69, 9.17) is 4.74 Å². The molecule has 4 rings (SSSR count). The average molecular weight is 395 g/mol. The Morgan fingerprint density at radius 1 is 1.14 bits per heavy atom. The van der Waals surface area contributed by atoms with Gasteiger partial charge in [0.2, 0.25) is 5.88 Å². The summed E-state index contributed by atoms with van der Waals surface area (Å²) in [6, 6.07) is 9.52. The van der Waals surface area contributed by atoms with E-state index in [2.05, 4.69) is 10.1 Å². The van der Waals surface area contributed by atoms with Gasteiger partial charge in [-0.05, 0) is 43.3 Å². The van der Waals surface area contributed by atoms with Crippen LogP contribution in [-0.4, -0.2) is 25.7 Å². The maximum absolute atomic E-state index is 14.0. The van der Waals surface area contributed by atoms with Crippen LogP contribution < -0.4 is 4.74 Å². The van der Waals surface area contributed by atoms with Crippen molar-refractivity contribution in [1.82, 2.24) is 14.8 Å². The van der Waals surface area contributed by atoms with Gasteiger partial charge in [0.1, 0.15) is 11.3 Å². The largest absolute Gasteiger partial charge is 0.493 e. The summed E-state index contributed by atoms with van der Waals surface area (Å²) in [6.07, 6.45) is 1.44. The molecule has 2 heterocycles. The van der Waals surface area contributed by atoms with Gasteiger partial charge in [-0.2, -0.15) is 5.10 Å². The van der Waals surface area contributed by atoms with Crippen molar-refractivity contribution >= 4 is 16.7 Å². The average Bonchev–Trinajstić information content (AvgIpc) is 2.95. The zero-order chi connectivity index (χ0) is 20.7. The summed E-state index contributed by atoms with van der Waals surface area (Å²) >= 11 is 0. The predicted molar refractivity (Wildman–Crippen MR) is 101 cm³/mol. The predicted octanol–water partition coefficient (Wildman–Crippen LogP) is 4.28. The number of carbonyl (C=O) groups is 1. The van der Waals surface area contributed by atoms with Crippen molar-refractivity contribution in [1.29, 1.82) is 0 Å². The molecule has 2 aromatic carbocycles. The standard InChI is InChI=1S/C21H15F2N3O3/c1-11-18(21(28)26(2)25-11)19(27)12-6-7-16-13(10-12)17(8-9-24-16)29-20-14(22)4-3-5-15(20)23/h3-10,28H,1-2H3. The minimum absolute atomic E-state index is 0.0818. The lowest BCUT2D eigenvalue weighted by atomic mass is 10.0. The summed E-state index contributed by atoms with van der Waals surface area (Å²) in [6.45, 7) is 1.62. The second-order valence-electron chi connectivity index (χ2n) is 6.43. The highest BCUT2D eigenvalue weighted by Gasteiger charge is 2.22. The Morgan fingerprint density at radius 2 is 1.86 bits per heavy atom. The summed E-state index contributed by atoms with van der Waals surface area (Å²) in [5, 5.41) is 14.6. The number of ether oxygens (including phenoxy) is 1. The van der Waals surface area contributed by atoms with Gasteiger partial charge in [0.05, 0.1) is 11.2 Å². The van der Waals surface area contributed by atoms with Crippen LogP contribution in [0.4, 0.5) is 8.78 Å². The molecule has 0 aliphatic heterocycles. The Bertz CT molecular complexity index is 1250. The highest BCUT2D eigenvalue weighted by Crippen LogP contribution is 2.33. The van der Waals surface area contributed by atoms with Gasteiger partial charge < -0.3 is 9.84 Å². The summed E-state index contributed by atoms with van der Waals surface area (Å²) in [5.74, 6) is -2.79. The van der Waals surface area contributed by atoms with Gasteiger partial charge in [0.15, 0.2) is 23.2 Å². The smallest absolute Gasteiger partial charge is 0.220 e. The van der Waals surface area contributed by atoms with E-state index in [-0.39, 0.29) is 22.8 Å². The van der Waals surface area contributed by atoms with Crippen molar-refractivity contribution < 1.29 is 23.4 Å². The molecule has 0 amide bonds. The monoisotopic (exact) mass is 395 g/mol. The highest BCUT2D eigenvalue weighted by molar-refractivity contribution is 6.12. The molecule has 0 saturated carbocycles. The molecule has 0 radical (unpaired) electrons. The molecule has 0 spiro atoms. The van der Waals surface area contributed by atoms with Crippen LogP contribution in [0.3, 0.4) is 0 Å². The minimum Gasteiger partial charge on any atom is -0.493 e. The highest BCUT2D eigenvalue weighted by atomic mass is 19.1. The molecule has 0 unspecified atom stereocenters. The fourth-order valence-corrected chi connectivity index (χ4v) is 3.10. The number of pyridine rings is 1. The van der Waals surface area contributed by atoms with Crippen molar-refractivity contribution in [2.24, 2.45) is 7.05 Å². The Labute approximate surface area is 164 Å². The Hall–Kier alpha value is -3.81. The first-order valence-electron chi connectivity index (χ1n) is 8.64. The molecule has 4 aromatic rings. The lowest BCUT2D eigenvalue weighted by Gasteiger charge is -2.11. The molecule has 0 aliphatic rings. The minimum atomic E-state index is -0.849. The molecule has 0 aliphatic carbocycles. The van der Waals surface area contributed by atoms with Gasteiger partial charge >= 0.3 is 0 Å². The van der Waals surface area contributed by atoms with E-state index in [0.29, 0.717) is 16.6 Å². The maximum Gasteiger partial charge on any atom is 0.220 e. The second-order valence-corrected chi connectivity index (χ2v) is 6.43. The summed E-state index contributed by atoms with van der Waals surface area (Å²) < 4.78 is 34.7. The molecule has 0 fully saturated rings. The number of aryl methyl sites for hydroxylation is 2. The third kappa shape index (κ3) is 3.18. The van der Waals surface area contributed by atoms with E-state index in [9.17, 15) is 18.7 Å². The number of ketones is 1. The number of para-hydroxylation sites is 1. The number of hydrogen-bond acceptors (Lipinski definition) is 5. The molecule has 29 heavy (non-hydrogen) atoms. The van der Waals surface area contributed by atoms with Crippen molar-refractivity contribution in [3.63, 3.8) is 0 Å². The number of nitrogens with zero attached hydrogens (tertiary/aromatic N) is 3. The Morgan fingerprint density at radius 3 is 2.52 bits per heavy atom. The molecule has 8 heteroatoms. The van der Waals surface area contributed by atoms with Crippen molar-refractivity contribution in [3.05, 3.63) is 77.1 Å². The van der Waals surface area contributed by atoms with E-state index in [1.54, 1.807) is 19.1 Å². The lowest BCUT2D eigenvalue weighted by Crippen LogP contribution is -2.03. The van der Waals surface area contributed by atoms with E-state index in [1.165, 1.54) is 36.1 Å². The molecular weight excluding hydrogens is 380 g/mol. The molecule has 0 atom stereocenters. The number of halogens is 2. The topological polar surface area (TPSA) is 77.2 Å². The third-order valence-corrected chi connectivity index (χ3v) is 4.51. The fraction of sp³-hybridized carbons (Fsp3) is 0.0952. The van der Waals surface area contributed by atoms with Crippen LogP contribution in [0.2, 0.25) is 0 Å². The van der Waals surface area contributed by atoms with Crippen LogP contribution in [0, 0.1) is 18.6 Å². The zero-order valence-corrected chi connectivity index (χ0v) is 15.5. The van der Waals surface area contributed by atoms with Crippen LogP contribution in [-0.2, 0) is 7.05 Å². The van der Waals surface area contributed by atoms with Gasteiger partial charge in [0, 0.05) is 24.2 Å². The van der Waals surface area contributed by atoms with Gasteiger partial charge in [-0.15, -0.1) is 0 Å². The molecule has 1 N–H and O–H groups in total. The Kier molecular flexibility index (Phi) is 4.46. The number of hydrogen-bond donors (Lipinski definition) is 1. The van der Waals surface area contributed by atoms with E-state index < -0.39 is 23.2 Å². The van der Waals surface area contributed by atoms with Crippen LogP contribution in [0.25, 0.3) is 10.9 Å². The number of carbonyl (C=O) groups excluding carboxylic acids is 1. The van der Waals surface area contributed by atoms with Gasteiger partial charge in [0.25, 0.3) is 0 Å².